The molecule has 0 bridgehead atoms. The molecular formula is C15H22ClNOS. The van der Waals surface area contributed by atoms with Gasteiger partial charge in [-0.15, -0.1) is 11.8 Å². The summed E-state index contributed by atoms with van der Waals surface area (Å²) in [6, 6.07) is 6.72. The minimum atomic E-state index is 0.347. The molecule has 1 heterocycles. The van der Waals surface area contributed by atoms with E-state index in [1.807, 2.05) is 0 Å². The van der Waals surface area contributed by atoms with Gasteiger partial charge < -0.3 is 10.1 Å². The molecule has 2 nitrogen and oxygen atoms in total. The molecular weight excluding hydrogens is 278 g/mol. The maximum atomic E-state index is 6.37. The molecule has 0 spiro atoms. The summed E-state index contributed by atoms with van der Waals surface area (Å²) in [6.07, 6.45) is 2.78. The van der Waals surface area contributed by atoms with Crippen molar-refractivity contribution in [2.75, 3.05) is 18.9 Å². The maximum Gasteiger partial charge on any atom is 0.0669 e. The molecule has 1 aromatic carbocycles. The summed E-state index contributed by atoms with van der Waals surface area (Å²) in [5, 5.41) is 4.25. The highest BCUT2D eigenvalue weighted by Crippen LogP contribution is 2.31. The number of halogens is 1. The number of nitrogens with one attached hydrogen (secondary N) is 1. The van der Waals surface area contributed by atoms with Crippen molar-refractivity contribution in [1.82, 2.24) is 5.32 Å². The lowest BCUT2D eigenvalue weighted by Gasteiger charge is -2.15. The van der Waals surface area contributed by atoms with Gasteiger partial charge in [0, 0.05) is 23.3 Å². The third-order valence-electron chi connectivity index (χ3n) is 3.41. The van der Waals surface area contributed by atoms with Crippen LogP contribution in [0.3, 0.4) is 0 Å². The number of hydrogen-bond acceptors (Lipinski definition) is 3. The Hall–Kier alpha value is -0.220. The van der Waals surface area contributed by atoms with Crippen LogP contribution in [0.15, 0.2) is 23.1 Å². The molecule has 1 saturated heterocycles. The van der Waals surface area contributed by atoms with E-state index >= 15 is 0 Å². The van der Waals surface area contributed by atoms with E-state index in [1.165, 1.54) is 18.4 Å². The zero-order chi connectivity index (χ0) is 13.7. The van der Waals surface area contributed by atoms with Crippen molar-refractivity contribution in [2.45, 2.75) is 43.7 Å². The second-order valence-electron chi connectivity index (χ2n) is 4.92. The molecule has 4 heteroatoms. The van der Waals surface area contributed by atoms with Crippen LogP contribution in [0, 0.1) is 0 Å². The molecule has 2 rings (SSSR count). The van der Waals surface area contributed by atoms with Crippen LogP contribution in [0.4, 0.5) is 0 Å². The zero-order valence-electron chi connectivity index (χ0n) is 11.6. The van der Waals surface area contributed by atoms with Gasteiger partial charge in [-0.1, -0.05) is 24.6 Å². The Morgan fingerprint density at radius 2 is 2.37 bits per heavy atom. The number of rotatable bonds is 6. The monoisotopic (exact) mass is 299 g/mol. The fourth-order valence-electron chi connectivity index (χ4n) is 2.29. The van der Waals surface area contributed by atoms with Crippen molar-refractivity contribution in [3.63, 3.8) is 0 Å². The summed E-state index contributed by atoms with van der Waals surface area (Å²) < 4.78 is 5.63. The number of thioether (sulfide) groups is 1. The van der Waals surface area contributed by atoms with E-state index in [4.69, 9.17) is 16.3 Å². The van der Waals surface area contributed by atoms with E-state index in [9.17, 15) is 0 Å². The highest BCUT2D eigenvalue weighted by Gasteiger charge is 2.16. The van der Waals surface area contributed by atoms with E-state index in [-0.39, 0.29) is 0 Å². The van der Waals surface area contributed by atoms with Crippen LogP contribution in [-0.4, -0.2) is 25.0 Å². The number of ether oxygens (including phenoxy) is 1. The van der Waals surface area contributed by atoms with Gasteiger partial charge in [0.05, 0.1) is 11.1 Å². The predicted molar refractivity (Wildman–Crippen MR) is 83.2 cm³/mol. The average molecular weight is 300 g/mol. The molecule has 19 heavy (non-hydrogen) atoms. The van der Waals surface area contributed by atoms with Crippen LogP contribution in [0.2, 0.25) is 5.02 Å². The van der Waals surface area contributed by atoms with Gasteiger partial charge in [-0.2, -0.15) is 0 Å². The molecule has 0 saturated carbocycles. The summed E-state index contributed by atoms with van der Waals surface area (Å²) >= 11 is 8.17. The minimum absolute atomic E-state index is 0.347. The quantitative estimate of drug-likeness (QED) is 0.792. The lowest BCUT2D eigenvalue weighted by Crippen LogP contribution is -2.17. The van der Waals surface area contributed by atoms with Crippen LogP contribution < -0.4 is 5.32 Å². The van der Waals surface area contributed by atoms with Gasteiger partial charge in [-0.05, 0) is 44.0 Å². The lowest BCUT2D eigenvalue weighted by molar-refractivity contribution is 0.129. The zero-order valence-corrected chi connectivity index (χ0v) is 13.2. The van der Waals surface area contributed by atoms with E-state index < -0.39 is 0 Å². The maximum absolute atomic E-state index is 6.37. The summed E-state index contributed by atoms with van der Waals surface area (Å²) in [5.41, 5.74) is 1.24. The van der Waals surface area contributed by atoms with Crippen molar-refractivity contribution in [3.05, 3.63) is 28.8 Å². The lowest BCUT2D eigenvalue weighted by atomic mass is 10.1. The highest BCUT2D eigenvalue weighted by molar-refractivity contribution is 7.99. The van der Waals surface area contributed by atoms with Gasteiger partial charge in [0.25, 0.3) is 0 Å². The van der Waals surface area contributed by atoms with Gasteiger partial charge in [0.2, 0.25) is 0 Å². The van der Waals surface area contributed by atoms with Crippen LogP contribution in [0.5, 0.6) is 0 Å². The van der Waals surface area contributed by atoms with E-state index in [2.05, 4.69) is 37.4 Å². The second kappa shape index (κ2) is 7.53. The molecule has 2 unspecified atom stereocenters. The Balaban J connectivity index is 1.94. The molecule has 1 N–H and O–H groups in total. The first-order valence-electron chi connectivity index (χ1n) is 6.98. The molecule has 1 fully saturated rings. The molecule has 1 aliphatic rings. The van der Waals surface area contributed by atoms with Crippen molar-refractivity contribution < 1.29 is 4.74 Å². The Labute approximate surface area is 125 Å². The molecule has 0 aromatic heterocycles. The molecule has 106 valence electrons. The topological polar surface area (TPSA) is 21.3 Å². The van der Waals surface area contributed by atoms with Crippen LogP contribution in [0.25, 0.3) is 0 Å². The van der Waals surface area contributed by atoms with Crippen molar-refractivity contribution in [3.8, 4) is 0 Å². The predicted octanol–water partition coefficient (Wildman–Crippen LogP) is 4.28. The van der Waals surface area contributed by atoms with Crippen molar-refractivity contribution in [2.24, 2.45) is 0 Å². The van der Waals surface area contributed by atoms with Gasteiger partial charge in [0.1, 0.15) is 0 Å². The van der Waals surface area contributed by atoms with Gasteiger partial charge in [0.15, 0.2) is 0 Å². The van der Waals surface area contributed by atoms with E-state index in [0.29, 0.717) is 12.1 Å². The summed E-state index contributed by atoms with van der Waals surface area (Å²) in [4.78, 5) is 1.16. The Morgan fingerprint density at radius 1 is 1.53 bits per heavy atom. The fraction of sp³-hybridized carbons (Fsp3) is 0.600. The second-order valence-corrected chi connectivity index (χ2v) is 6.38. The minimum Gasteiger partial charge on any atom is -0.377 e. The Morgan fingerprint density at radius 3 is 3.00 bits per heavy atom. The first-order chi connectivity index (χ1) is 9.20. The molecule has 0 amide bonds. The summed E-state index contributed by atoms with van der Waals surface area (Å²) in [5.74, 6) is 1.00. The van der Waals surface area contributed by atoms with Gasteiger partial charge >= 0.3 is 0 Å². The Bertz CT molecular complexity index is 407. The molecule has 0 aliphatic carbocycles. The van der Waals surface area contributed by atoms with Crippen molar-refractivity contribution >= 4 is 23.4 Å². The summed E-state index contributed by atoms with van der Waals surface area (Å²) in [6.45, 7) is 6.16. The van der Waals surface area contributed by atoms with Gasteiger partial charge in [-0.3, -0.25) is 0 Å². The molecule has 1 aliphatic heterocycles. The number of hydrogen-bond donors (Lipinski definition) is 1. The molecule has 0 radical (unpaired) electrons. The van der Waals surface area contributed by atoms with Crippen LogP contribution in [-0.2, 0) is 4.74 Å². The van der Waals surface area contributed by atoms with E-state index in [0.717, 1.165) is 28.8 Å². The molecule has 2 atom stereocenters. The summed E-state index contributed by atoms with van der Waals surface area (Å²) in [7, 11) is 0. The normalized spacial score (nSPS) is 20.7. The SMILES string of the molecule is CCNC(C)c1ccc(SCC2CCCO2)c(Cl)c1. The van der Waals surface area contributed by atoms with Crippen molar-refractivity contribution in [1.29, 1.82) is 0 Å². The third-order valence-corrected chi connectivity index (χ3v) is 5.05. The first-order valence-corrected chi connectivity index (χ1v) is 8.34. The van der Waals surface area contributed by atoms with Crippen LogP contribution >= 0.6 is 23.4 Å². The number of benzene rings is 1. The fourth-order valence-corrected chi connectivity index (χ4v) is 3.63. The third kappa shape index (κ3) is 4.38. The standard InChI is InChI=1S/C15H22ClNOS/c1-3-17-11(2)12-6-7-15(14(16)9-12)19-10-13-5-4-8-18-13/h6-7,9,11,13,17H,3-5,8,10H2,1-2H3. The smallest absolute Gasteiger partial charge is 0.0669 e. The largest absolute Gasteiger partial charge is 0.377 e. The highest BCUT2D eigenvalue weighted by atomic mass is 35.5. The first kappa shape index (κ1) is 15.2. The van der Waals surface area contributed by atoms with E-state index in [1.54, 1.807) is 11.8 Å². The average Bonchev–Trinajstić information content (AvgIpc) is 2.90. The Kier molecular flexibility index (Phi) is 6.02. The van der Waals surface area contributed by atoms with Crippen LogP contribution in [0.1, 0.15) is 38.3 Å². The molecule has 1 aromatic rings. The van der Waals surface area contributed by atoms with Gasteiger partial charge in [-0.25, -0.2) is 0 Å².